The van der Waals surface area contributed by atoms with Crippen molar-refractivity contribution in [2.75, 3.05) is 13.2 Å². The monoisotopic (exact) mass is 335 g/mol. The second kappa shape index (κ2) is 7.88. The highest BCUT2D eigenvalue weighted by Gasteiger charge is 2.21. The number of unbranched alkanes of at least 4 members (excludes halogenated alkanes) is 1. The van der Waals surface area contributed by atoms with Crippen LogP contribution in [0.15, 0.2) is 10.3 Å². The van der Waals surface area contributed by atoms with Crippen LogP contribution in [0, 0.1) is 6.92 Å². The summed E-state index contributed by atoms with van der Waals surface area (Å²) in [5, 5.41) is 8.94. The number of sulfonamides is 1. The van der Waals surface area contributed by atoms with E-state index in [1.165, 1.54) is 6.07 Å². The van der Waals surface area contributed by atoms with Crippen LogP contribution in [0.3, 0.4) is 0 Å². The average molecular weight is 335 g/mol. The number of rotatable bonds is 9. The van der Waals surface area contributed by atoms with Crippen molar-refractivity contribution in [3.05, 3.63) is 16.5 Å². The van der Waals surface area contributed by atoms with Crippen molar-refractivity contribution in [3.8, 4) is 0 Å². The Balaban J connectivity index is 2.50. The summed E-state index contributed by atoms with van der Waals surface area (Å²) < 4.78 is 32.0. The minimum atomic E-state index is -3.63. The Morgan fingerprint density at radius 3 is 2.62 bits per heavy atom. The molecule has 0 aliphatic carbocycles. The molecule has 0 bridgehead atoms. The lowest BCUT2D eigenvalue weighted by Crippen LogP contribution is -2.24. The fourth-order valence-corrected chi connectivity index (χ4v) is 4.12. The summed E-state index contributed by atoms with van der Waals surface area (Å²) in [5.74, 6) is -1.11. The molecule has 0 spiro atoms. The second-order valence-electron chi connectivity index (χ2n) is 4.91. The highest BCUT2D eigenvalue weighted by Crippen LogP contribution is 2.25. The van der Waals surface area contributed by atoms with E-state index in [0.717, 1.165) is 17.8 Å². The fraction of sp³-hybridized carbons (Fsp3) is 0.615. The Bertz CT molecular complexity index is 577. The number of carboxylic acids is 1. The van der Waals surface area contributed by atoms with Gasteiger partial charge in [-0.3, -0.25) is 0 Å². The Morgan fingerprint density at radius 2 is 2.10 bits per heavy atom. The molecule has 0 atom stereocenters. The fourth-order valence-electron chi connectivity index (χ4n) is 1.62. The van der Waals surface area contributed by atoms with Crippen molar-refractivity contribution in [2.45, 2.75) is 43.9 Å². The molecular weight excluding hydrogens is 314 g/mol. The SMILES string of the molecule is Cc1cc(S(=O)(=O)NCCCCOC(C)C)sc1C(=O)O. The van der Waals surface area contributed by atoms with Gasteiger partial charge in [0, 0.05) is 13.2 Å². The Labute approximate surface area is 129 Å². The molecule has 21 heavy (non-hydrogen) atoms. The molecule has 0 aliphatic rings. The maximum Gasteiger partial charge on any atom is 0.346 e. The Kier molecular flexibility index (Phi) is 6.79. The summed E-state index contributed by atoms with van der Waals surface area (Å²) in [5.41, 5.74) is 0.457. The first kappa shape index (κ1) is 18.1. The van der Waals surface area contributed by atoms with Crippen LogP contribution in [0.1, 0.15) is 41.9 Å². The van der Waals surface area contributed by atoms with Crippen LogP contribution < -0.4 is 4.72 Å². The summed E-state index contributed by atoms with van der Waals surface area (Å²) in [4.78, 5) is 11.0. The molecule has 0 saturated heterocycles. The zero-order chi connectivity index (χ0) is 16.0. The van der Waals surface area contributed by atoms with Gasteiger partial charge in [0.05, 0.1) is 6.10 Å². The number of aromatic carboxylic acids is 1. The molecular formula is C13H21NO5S2. The van der Waals surface area contributed by atoms with E-state index in [0.29, 0.717) is 25.1 Å². The van der Waals surface area contributed by atoms with Gasteiger partial charge in [-0.2, -0.15) is 0 Å². The largest absolute Gasteiger partial charge is 0.477 e. The van der Waals surface area contributed by atoms with Gasteiger partial charge >= 0.3 is 5.97 Å². The molecule has 0 unspecified atom stereocenters. The molecule has 0 fully saturated rings. The summed E-state index contributed by atoms with van der Waals surface area (Å²) in [6.45, 7) is 6.38. The third-order valence-corrected chi connectivity index (χ3v) is 5.83. The molecule has 0 aliphatic heterocycles. The first-order valence-corrected chi connectivity index (χ1v) is 8.99. The number of aryl methyl sites for hydroxylation is 1. The van der Waals surface area contributed by atoms with Gasteiger partial charge in [0.25, 0.3) is 0 Å². The minimum absolute atomic E-state index is 0.0378. The normalized spacial score (nSPS) is 12.0. The number of ether oxygens (including phenoxy) is 1. The van der Waals surface area contributed by atoms with Gasteiger partial charge in [-0.25, -0.2) is 17.9 Å². The molecule has 0 aromatic carbocycles. The van der Waals surface area contributed by atoms with Crippen molar-refractivity contribution < 1.29 is 23.1 Å². The number of thiophene rings is 1. The van der Waals surface area contributed by atoms with Crippen LogP contribution in [0.4, 0.5) is 0 Å². The van der Waals surface area contributed by atoms with Crippen LogP contribution in [0.5, 0.6) is 0 Å². The lowest BCUT2D eigenvalue weighted by atomic mass is 10.3. The molecule has 8 heteroatoms. The maximum absolute atomic E-state index is 12.0. The molecule has 6 nitrogen and oxygen atoms in total. The standard InChI is InChI=1S/C13H21NO5S2/c1-9(2)19-7-5-4-6-14-21(17,18)11-8-10(3)12(20-11)13(15)16/h8-9,14H,4-7H2,1-3H3,(H,15,16). The number of hydrogen-bond donors (Lipinski definition) is 2. The van der Waals surface area contributed by atoms with E-state index >= 15 is 0 Å². The van der Waals surface area contributed by atoms with Gasteiger partial charge in [0.2, 0.25) is 10.0 Å². The third-order valence-electron chi connectivity index (χ3n) is 2.67. The lowest BCUT2D eigenvalue weighted by molar-refractivity contribution is 0.0701. The molecule has 2 N–H and O–H groups in total. The predicted molar refractivity (Wildman–Crippen MR) is 81.5 cm³/mol. The van der Waals surface area contributed by atoms with E-state index in [-0.39, 0.29) is 15.2 Å². The van der Waals surface area contributed by atoms with Gasteiger partial charge in [0.15, 0.2) is 0 Å². The van der Waals surface area contributed by atoms with Crippen molar-refractivity contribution in [2.24, 2.45) is 0 Å². The van der Waals surface area contributed by atoms with Gasteiger partial charge in [0.1, 0.15) is 9.09 Å². The summed E-state index contributed by atoms with van der Waals surface area (Å²) >= 11 is 0.772. The summed E-state index contributed by atoms with van der Waals surface area (Å²) in [6, 6.07) is 1.39. The molecule has 1 aromatic heterocycles. The smallest absolute Gasteiger partial charge is 0.346 e. The highest BCUT2D eigenvalue weighted by molar-refractivity contribution is 7.91. The zero-order valence-corrected chi connectivity index (χ0v) is 14.0. The number of hydrogen-bond acceptors (Lipinski definition) is 5. The Hall–Kier alpha value is -0.960. The van der Waals surface area contributed by atoms with Crippen molar-refractivity contribution >= 4 is 27.3 Å². The quantitative estimate of drug-likeness (QED) is 0.675. The van der Waals surface area contributed by atoms with E-state index in [4.69, 9.17) is 9.84 Å². The van der Waals surface area contributed by atoms with Gasteiger partial charge in [-0.1, -0.05) is 0 Å². The molecule has 1 aromatic rings. The maximum atomic E-state index is 12.0. The van der Waals surface area contributed by atoms with E-state index in [2.05, 4.69) is 4.72 Å². The van der Waals surface area contributed by atoms with Crippen LogP contribution in [-0.2, 0) is 14.8 Å². The average Bonchev–Trinajstić information content (AvgIpc) is 2.76. The van der Waals surface area contributed by atoms with Crippen molar-refractivity contribution in [1.82, 2.24) is 4.72 Å². The summed E-state index contributed by atoms with van der Waals surface area (Å²) in [7, 11) is -3.63. The molecule has 1 heterocycles. The number of carbonyl (C=O) groups is 1. The van der Waals surface area contributed by atoms with E-state index < -0.39 is 16.0 Å². The molecule has 0 radical (unpaired) electrons. The van der Waals surface area contributed by atoms with E-state index in [9.17, 15) is 13.2 Å². The van der Waals surface area contributed by atoms with Crippen molar-refractivity contribution in [1.29, 1.82) is 0 Å². The molecule has 0 amide bonds. The van der Waals surface area contributed by atoms with Crippen LogP contribution in [0.25, 0.3) is 0 Å². The van der Waals surface area contributed by atoms with E-state index in [1.54, 1.807) is 6.92 Å². The molecule has 0 saturated carbocycles. The topological polar surface area (TPSA) is 92.7 Å². The molecule has 120 valence electrons. The third kappa shape index (κ3) is 5.74. The summed E-state index contributed by atoms with van der Waals surface area (Å²) in [6.07, 6.45) is 1.61. The second-order valence-corrected chi connectivity index (χ2v) is 7.95. The molecule has 1 rings (SSSR count). The minimum Gasteiger partial charge on any atom is -0.477 e. The van der Waals surface area contributed by atoms with Gasteiger partial charge < -0.3 is 9.84 Å². The van der Waals surface area contributed by atoms with Crippen LogP contribution in [0.2, 0.25) is 0 Å². The first-order chi connectivity index (χ1) is 9.74. The van der Waals surface area contributed by atoms with E-state index in [1.807, 2.05) is 13.8 Å². The van der Waals surface area contributed by atoms with Crippen LogP contribution in [-0.4, -0.2) is 38.7 Å². The van der Waals surface area contributed by atoms with Gasteiger partial charge in [-0.15, -0.1) is 11.3 Å². The zero-order valence-electron chi connectivity index (χ0n) is 12.4. The van der Waals surface area contributed by atoms with Gasteiger partial charge in [-0.05, 0) is 45.2 Å². The highest BCUT2D eigenvalue weighted by atomic mass is 32.2. The number of nitrogens with one attached hydrogen (secondary N) is 1. The number of carboxylic acid groups (broad SMARTS) is 1. The van der Waals surface area contributed by atoms with Crippen LogP contribution >= 0.6 is 11.3 Å². The lowest BCUT2D eigenvalue weighted by Gasteiger charge is -2.07. The Morgan fingerprint density at radius 1 is 1.43 bits per heavy atom. The van der Waals surface area contributed by atoms with Crippen molar-refractivity contribution in [3.63, 3.8) is 0 Å². The first-order valence-electron chi connectivity index (χ1n) is 6.69. The predicted octanol–water partition coefficient (Wildman–Crippen LogP) is 2.24.